The van der Waals surface area contributed by atoms with Gasteiger partial charge in [-0.1, -0.05) is 56.7 Å². The van der Waals surface area contributed by atoms with Gasteiger partial charge in [0.2, 0.25) is 12.4 Å². The van der Waals surface area contributed by atoms with Crippen molar-refractivity contribution in [2.45, 2.75) is 41.0 Å². The van der Waals surface area contributed by atoms with Gasteiger partial charge in [0.05, 0.1) is 34.1 Å². The number of anilines is 2. The van der Waals surface area contributed by atoms with E-state index in [0.29, 0.717) is 10.7 Å². The Balaban J connectivity index is 0.000000282. The first kappa shape index (κ1) is 36.6. The first-order valence-electron chi connectivity index (χ1n) is 14.9. The Morgan fingerprint density at radius 1 is 1.04 bits per heavy atom. The van der Waals surface area contributed by atoms with Crippen molar-refractivity contribution in [1.29, 1.82) is 0 Å². The summed E-state index contributed by atoms with van der Waals surface area (Å²) in [5, 5.41) is 5.81. The van der Waals surface area contributed by atoms with Gasteiger partial charge in [-0.3, -0.25) is 4.79 Å². The summed E-state index contributed by atoms with van der Waals surface area (Å²) in [7, 11) is 4.14. The van der Waals surface area contributed by atoms with Crippen molar-refractivity contribution in [3.63, 3.8) is 0 Å². The van der Waals surface area contributed by atoms with Gasteiger partial charge in [-0.15, -0.1) is 0 Å². The number of halogens is 1. The molecule has 45 heavy (non-hydrogen) atoms. The molecule has 5 rings (SSSR count). The number of carbonyl (C=O) groups excluding carboxylic acids is 1. The maximum Gasteiger partial charge on any atom is 0.220 e. The van der Waals surface area contributed by atoms with E-state index < -0.39 is 0 Å². The Morgan fingerprint density at radius 3 is 2.44 bits per heavy atom. The van der Waals surface area contributed by atoms with E-state index in [4.69, 9.17) is 27.1 Å². The van der Waals surface area contributed by atoms with Crippen molar-refractivity contribution in [2.75, 3.05) is 44.4 Å². The summed E-state index contributed by atoms with van der Waals surface area (Å²) in [5.41, 5.74) is 14.3. The minimum Gasteiger partial charge on any atom is -0.372 e. The number of likely N-dealkylation sites (N-methyl/N-ethyl adjacent to an activating group) is 1. The Hall–Kier alpha value is -4.61. The number of hydrogen-bond donors (Lipinski definition) is 2. The van der Waals surface area contributed by atoms with Crippen LogP contribution in [0.2, 0.25) is 5.02 Å². The number of benzene rings is 1. The number of nitrogens with two attached hydrogens (primary N) is 2. The van der Waals surface area contributed by atoms with Crippen molar-refractivity contribution >= 4 is 52.3 Å². The topological polar surface area (TPSA) is 144 Å². The van der Waals surface area contributed by atoms with Crippen molar-refractivity contribution in [3.8, 4) is 11.3 Å². The second-order valence-corrected chi connectivity index (χ2v) is 10.2. The number of carbonyl (C=O) groups is 1. The lowest BCUT2D eigenvalue weighted by molar-refractivity contribution is -0.106. The molecule has 0 aliphatic rings. The monoisotopic (exact) mass is 632 g/mol. The van der Waals surface area contributed by atoms with Crippen LogP contribution in [0.25, 0.3) is 33.8 Å². The van der Waals surface area contributed by atoms with E-state index in [2.05, 4.69) is 93.9 Å². The smallest absolute Gasteiger partial charge is 0.220 e. The van der Waals surface area contributed by atoms with Gasteiger partial charge in [-0.25, -0.2) is 24.5 Å². The molecule has 0 atom stereocenters. The van der Waals surface area contributed by atoms with E-state index in [-0.39, 0.29) is 12.4 Å². The molecule has 4 aromatic heterocycles. The summed E-state index contributed by atoms with van der Waals surface area (Å²) in [4.78, 5) is 30.4. The second-order valence-electron chi connectivity index (χ2n) is 9.76. The average molecular weight is 633 g/mol. The van der Waals surface area contributed by atoms with Gasteiger partial charge in [0.25, 0.3) is 0 Å². The molecule has 0 saturated heterocycles. The molecule has 0 spiro atoms. The molecule has 1 amide bonds. The highest BCUT2D eigenvalue weighted by Gasteiger charge is 2.13. The standard InChI is InChI=1S/C19H28N4.C11H8ClN5.C2H6.CH3NO/c1-6-12-23(7-2)19-17-11-10-16(9-8-13-22(4)5)14-18(17)20-15(3)21-19;12-8-6-14-11(13)16-10(8)7-5-15-17-4-2-1-3-9(7)17;1-2;2-1-3/h8-11,14H,6-7,12-13H2,1-5H3;1-6H,(H2,13,14,16);1-2H3;1H,(H2,2,3)/b9-8+;;;. The number of primary amides is 1. The molecule has 4 heterocycles. The molecule has 0 fully saturated rings. The largest absolute Gasteiger partial charge is 0.372 e. The van der Waals surface area contributed by atoms with E-state index in [1.54, 1.807) is 10.7 Å². The Labute approximate surface area is 271 Å². The molecule has 12 heteroatoms. The van der Waals surface area contributed by atoms with Crippen molar-refractivity contribution in [1.82, 2.24) is 34.4 Å². The maximum atomic E-state index is 8.58. The number of hydrogen-bond acceptors (Lipinski definition) is 9. The third-order valence-electron chi connectivity index (χ3n) is 6.21. The van der Waals surface area contributed by atoms with Crippen LogP contribution in [0.5, 0.6) is 0 Å². The lowest BCUT2D eigenvalue weighted by Gasteiger charge is -2.23. The third-order valence-corrected chi connectivity index (χ3v) is 6.49. The highest BCUT2D eigenvalue weighted by Crippen LogP contribution is 2.29. The van der Waals surface area contributed by atoms with Crippen LogP contribution in [0, 0.1) is 6.92 Å². The van der Waals surface area contributed by atoms with Crippen molar-refractivity contribution in [2.24, 2.45) is 5.73 Å². The van der Waals surface area contributed by atoms with E-state index in [9.17, 15) is 0 Å². The number of pyridine rings is 1. The van der Waals surface area contributed by atoms with Crippen LogP contribution < -0.4 is 16.4 Å². The van der Waals surface area contributed by atoms with Crippen LogP contribution in [0.3, 0.4) is 0 Å². The number of aryl methyl sites for hydroxylation is 1. The fourth-order valence-corrected chi connectivity index (χ4v) is 4.55. The molecule has 0 saturated carbocycles. The molecule has 0 aliphatic heterocycles. The Kier molecular flexibility index (Phi) is 15.4. The maximum absolute atomic E-state index is 8.58. The number of nitrogens with zero attached hydrogens (tertiary/aromatic N) is 8. The van der Waals surface area contributed by atoms with Gasteiger partial charge in [-0.05, 0) is 64.2 Å². The molecular weight excluding hydrogens is 588 g/mol. The average Bonchev–Trinajstić information content (AvgIpc) is 3.46. The first-order chi connectivity index (χ1) is 21.7. The molecule has 0 radical (unpaired) electrons. The zero-order valence-electron chi connectivity index (χ0n) is 27.3. The third kappa shape index (κ3) is 10.5. The van der Waals surface area contributed by atoms with Gasteiger partial charge < -0.3 is 21.3 Å². The number of rotatable bonds is 8. The predicted octanol–water partition coefficient (Wildman–Crippen LogP) is 5.90. The van der Waals surface area contributed by atoms with Crippen LogP contribution in [0.4, 0.5) is 11.8 Å². The zero-order chi connectivity index (χ0) is 33.4. The van der Waals surface area contributed by atoms with Crippen LogP contribution in [0.1, 0.15) is 45.5 Å². The normalized spacial score (nSPS) is 10.5. The Morgan fingerprint density at radius 2 is 1.78 bits per heavy atom. The summed E-state index contributed by atoms with van der Waals surface area (Å²) >= 11 is 6.07. The Bertz CT molecular complexity index is 1670. The predicted molar refractivity (Wildman–Crippen MR) is 187 cm³/mol. The number of amides is 1. The molecular formula is C33H45ClN10O. The zero-order valence-corrected chi connectivity index (χ0v) is 28.0. The number of fused-ring (bicyclic) bond motifs is 2. The minimum absolute atomic E-state index is 0.194. The quantitative estimate of drug-likeness (QED) is 0.200. The fourth-order valence-electron chi connectivity index (χ4n) is 4.36. The van der Waals surface area contributed by atoms with Gasteiger partial charge in [0.1, 0.15) is 11.6 Å². The van der Waals surface area contributed by atoms with Gasteiger partial charge in [0, 0.05) is 36.8 Å². The minimum atomic E-state index is 0.194. The molecule has 0 unspecified atom stereocenters. The highest BCUT2D eigenvalue weighted by molar-refractivity contribution is 6.33. The first-order valence-corrected chi connectivity index (χ1v) is 15.3. The van der Waals surface area contributed by atoms with Crippen LogP contribution in [0.15, 0.2) is 61.1 Å². The lowest BCUT2D eigenvalue weighted by atomic mass is 10.1. The molecule has 1 aromatic carbocycles. The molecule has 4 N–H and O–H groups in total. The van der Waals surface area contributed by atoms with Crippen LogP contribution in [-0.4, -0.2) is 74.6 Å². The molecule has 0 aliphatic carbocycles. The number of aromatic nitrogens is 6. The second kappa shape index (κ2) is 18.9. The molecule has 5 aromatic rings. The van der Waals surface area contributed by atoms with Crippen molar-refractivity contribution in [3.05, 3.63) is 77.5 Å². The summed E-state index contributed by atoms with van der Waals surface area (Å²) in [6, 6.07) is 12.2. The van der Waals surface area contributed by atoms with Crippen LogP contribution >= 0.6 is 11.6 Å². The van der Waals surface area contributed by atoms with Gasteiger partial charge in [0.15, 0.2) is 0 Å². The number of nitrogen functional groups attached to an aromatic ring is 1. The van der Waals surface area contributed by atoms with E-state index in [0.717, 1.165) is 59.7 Å². The van der Waals surface area contributed by atoms with Crippen LogP contribution in [-0.2, 0) is 4.79 Å². The molecule has 240 valence electrons. The summed E-state index contributed by atoms with van der Waals surface area (Å²) < 4.78 is 1.75. The highest BCUT2D eigenvalue weighted by atomic mass is 35.5. The molecule has 11 nitrogen and oxygen atoms in total. The van der Waals surface area contributed by atoms with E-state index in [1.165, 1.54) is 11.8 Å². The summed E-state index contributed by atoms with van der Waals surface area (Å²) in [5.74, 6) is 2.08. The lowest BCUT2D eigenvalue weighted by Crippen LogP contribution is -2.25. The summed E-state index contributed by atoms with van der Waals surface area (Å²) in [6.45, 7) is 13.3. The van der Waals surface area contributed by atoms with E-state index >= 15 is 0 Å². The van der Waals surface area contributed by atoms with Gasteiger partial charge >= 0.3 is 0 Å². The summed E-state index contributed by atoms with van der Waals surface area (Å²) in [6.07, 6.45) is 10.8. The van der Waals surface area contributed by atoms with E-state index in [1.807, 2.05) is 45.2 Å². The van der Waals surface area contributed by atoms with Crippen molar-refractivity contribution < 1.29 is 4.79 Å². The van der Waals surface area contributed by atoms with Gasteiger partial charge in [-0.2, -0.15) is 5.10 Å². The molecule has 0 bridgehead atoms. The SMILES string of the molecule is CC.CCCN(CC)c1nc(C)nc2cc(/C=C/CN(C)C)ccc12.NC=O.Nc1ncc(Cl)c(-c2cnn3ccccc23)n1. The fraction of sp³-hybridized carbons (Fsp3) is 0.333.